The molecule has 1 atom stereocenters. The van der Waals surface area contributed by atoms with Crippen molar-refractivity contribution in [3.05, 3.63) is 77.4 Å². The van der Waals surface area contributed by atoms with Gasteiger partial charge >= 0.3 is 0 Å². The van der Waals surface area contributed by atoms with Crippen molar-refractivity contribution in [3.63, 3.8) is 0 Å². The van der Waals surface area contributed by atoms with E-state index in [0.29, 0.717) is 18.7 Å². The van der Waals surface area contributed by atoms with Gasteiger partial charge in [0.2, 0.25) is 0 Å². The normalized spacial score (nSPS) is 18.6. The van der Waals surface area contributed by atoms with E-state index in [0.717, 1.165) is 55.3 Å². The van der Waals surface area contributed by atoms with Crippen LogP contribution in [0.5, 0.6) is 5.75 Å². The number of nitrogens with zero attached hydrogens (tertiary/aromatic N) is 4. The highest BCUT2D eigenvalue weighted by Crippen LogP contribution is 2.29. The number of carbonyl (C=O) groups excluding carboxylic acids is 1. The minimum Gasteiger partial charge on any atom is -0.489 e. The van der Waals surface area contributed by atoms with E-state index in [-0.39, 0.29) is 11.8 Å². The molecule has 166 valence electrons. The number of aryl methyl sites for hydroxylation is 1. The van der Waals surface area contributed by atoms with Crippen LogP contribution in [0.25, 0.3) is 0 Å². The number of fused-ring (bicyclic) bond motifs is 1. The number of piperidine rings is 1. The third kappa shape index (κ3) is 4.54. The molecule has 6 nitrogen and oxygen atoms in total. The Labute approximate surface area is 189 Å². The van der Waals surface area contributed by atoms with Crippen molar-refractivity contribution >= 4 is 5.91 Å². The lowest BCUT2D eigenvalue weighted by molar-refractivity contribution is 0.0702. The van der Waals surface area contributed by atoms with Crippen LogP contribution in [0.3, 0.4) is 0 Å². The van der Waals surface area contributed by atoms with E-state index in [1.165, 1.54) is 19.3 Å². The number of rotatable bonds is 5. The Morgan fingerprint density at radius 2 is 1.88 bits per heavy atom. The zero-order valence-electron chi connectivity index (χ0n) is 18.4. The molecule has 6 heteroatoms. The molecule has 5 rings (SSSR count). The van der Waals surface area contributed by atoms with Gasteiger partial charge in [-0.05, 0) is 49.4 Å². The third-order valence-electron chi connectivity index (χ3n) is 6.54. The molecule has 0 aliphatic carbocycles. The minimum atomic E-state index is 0.0652. The number of ether oxygens (including phenoxy) is 1. The van der Waals surface area contributed by atoms with Gasteiger partial charge in [-0.15, -0.1) is 10.2 Å². The van der Waals surface area contributed by atoms with E-state index in [1.807, 2.05) is 59.5 Å². The SMILES string of the molecule is O=C(c1cccc(OCc2ccccc2)c1)N1CCCC(c2nnc3n2CCCCC3)C1. The fourth-order valence-corrected chi connectivity index (χ4v) is 4.82. The van der Waals surface area contributed by atoms with Gasteiger partial charge in [0.15, 0.2) is 0 Å². The van der Waals surface area contributed by atoms with E-state index in [9.17, 15) is 4.79 Å². The van der Waals surface area contributed by atoms with Crippen LogP contribution in [0.15, 0.2) is 54.6 Å². The summed E-state index contributed by atoms with van der Waals surface area (Å²) in [6.07, 6.45) is 6.68. The van der Waals surface area contributed by atoms with Gasteiger partial charge < -0.3 is 14.2 Å². The van der Waals surface area contributed by atoms with Crippen molar-refractivity contribution in [2.45, 2.75) is 57.6 Å². The minimum absolute atomic E-state index is 0.0652. The Balaban J connectivity index is 1.27. The van der Waals surface area contributed by atoms with Crippen molar-refractivity contribution in [3.8, 4) is 5.75 Å². The van der Waals surface area contributed by atoms with Crippen LogP contribution in [0.2, 0.25) is 0 Å². The van der Waals surface area contributed by atoms with Crippen LogP contribution in [0, 0.1) is 0 Å². The molecule has 0 radical (unpaired) electrons. The van der Waals surface area contributed by atoms with E-state index in [4.69, 9.17) is 4.74 Å². The molecule has 1 saturated heterocycles. The van der Waals surface area contributed by atoms with Gasteiger partial charge in [0, 0.05) is 37.5 Å². The molecular weight excluding hydrogens is 400 g/mol. The van der Waals surface area contributed by atoms with Crippen molar-refractivity contribution in [1.82, 2.24) is 19.7 Å². The lowest BCUT2D eigenvalue weighted by atomic mass is 9.96. The van der Waals surface area contributed by atoms with Crippen LogP contribution in [-0.4, -0.2) is 38.7 Å². The summed E-state index contributed by atoms with van der Waals surface area (Å²) in [4.78, 5) is 15.3. The Morgan fingerprint density at radius 1 is 0.969 bits per heavy atom. The van der Waals surface area contributed by atoms with E-state index in [2.05, 4.69) is 14.8 Å². The van der Waals surface area contributed by atoms with Gasteiger partial charge in [-0.3, -0.25) is 4.79 Å². The number of carbonyl (C=O) groups is 1. The summed E-state index contributed by atoms with van der Waals surface area (Å²) in [5, 5.41) is 9.02. The number of likely N-dealkylation sites (tertiary alicyclic amines) is 1. The van der Waals surface area contributed by atoms with E-state index >= 15 is 0 Å². The average molecular weight is 431 g/mol. The van der Waals surface area contributed by atoms with Crippen molar-refractivity contribution in [2.24, 2.45) is 0 Å². The molecule has 3 aromatic rings. The van der Waals surface area contributed by atoms with Crippen LogP contribution < -0.4 is 4.74 Å². The number of hydrogen-bond donors (Lipinski definition) is 0. The molecule has 1 fully saturated rings. The summed E-state index contributed by atoms with van der Waals surface area (Å²) in [5.41, 5.74) is 1.78. The van der Waals surface area contributed by atoms with Crippen LogP contribution in [0.4, 0.5) is 0 Å². The topological polar surface area (TPSA) is 60.2 Å². The molecule has 0 N–H and O–H groups in total. The summed E-state index contributed by atoms with van der Waals surface area (Å²) in [6, 6.07) is 17.6. The standard InChI is InChI=1S/C26H30N4O2/c31-26(21-11-7-13-23(17-21)32-19-20-9-3-1-4-10-20)29-15-8-12-22(18-29)25-28-27-24-14-5-2-6-16-30(24)25/h1,3-4,7,9-11,13,17,22H,2,5-6,8,12,14-16,18-19H2. The summed E-state index contributed by atoms with van der Waals surface area (Å²) < 4.78 is 8.26. The van der Waals surface area contributed by atoms with Gasteiger partial charge in [0.1, 0.15) is 24.0 Å². The highest BCUT2D eigenvalue weighted by atomic mass is 16.5. The molecule has 0 spiro atoms. The van der Waals surface area contributed by atoms with Gasteiger partial charge in [-0.2, -0.15) is 0 Å². The first-order valence-electron chi connectivity index (χ1n) is 11.8. The highest BCUT2D eigenvalue weighted by Gasteiger charge is 2.30. The van der Waals surface area contributed by atoms with Crippen molar-refractivity contribution < 1.29 is 9.53 Å². The molecule has 2 aliphatic rings. The molecule has 1 unspecified atom stereocenters. The number of aromatic nitrogens is 3. The smallest absolute Gasteiger partial charge is 0.254 e. The van der Waals surface area contributed by atoms with Crippen LogP contribution in [-0.2, 0) is 19.6 Å². The number of amides is 1. The molecule has 0 saturated carbocycles. The third-order valence-corrected chi connectivity index (χ3v) is 6.54. The second kappa shape index (κ2) is 9.55. The van der Waals surface area contributed by atoms with E-state index in [1.54, 1.807) is 0 Å². The number of benzene rings is 2. The molecule has 0 bridgehead atoms. The average Bonchev–Trinajstić information content (AvgIpc) is 3.11. The maximum atomic E-state index is 13.3. The van der Waals surface area contributed by atoms with Gasteiger partial charge in [-0.25, -0.2) is 0 Å². The molecular formula is C26H30N4O2. The summed E-state index contributed by atoms with van der Waals surface area (Å²) in [7, 11) is 0. The van der Waals surface area contributed by atoms with Gasteiger partial charge in [-0.1, -0.05) is 42.8 Å². The second-order valence-corrected chi connectivity index (χ2v) is 8.83. The van der Waals surface area contributed by atoms with Crippen LogP contribution in [0.1, 0.15) is 65.6 Å². The Bertz CT molecular complexity index is 1060. The monoisotopic (exact) mass is 430 g/mol. The Morgan fingerprint density at radius 3 is 2.78 bits per heavy atom. The first-order valence-corrected chi connectivity index (χ1v) is 11.8. The first kappa shape index (κ1) is 20.7. The maximum absolute atomic E-state index is 13.3. The lowest BCUT2D eigenvalue weighted by Crippen LogP contribution is -2.39. The number of hydrogen-bond acceptors (Lipinski definition) is 4. The summed E-state index contributed by atoms with van der Waals surface area (Å²) in [5.74, 6) is 3.22. The predicted octanol–water partition coefficient (Wildman–Crippen LogP) is 4.60. The molecule has 3 heterocycles. The largest absolute Gasteiger partial charge is 0.489 e. The fraction of sp³-hybridized carbons (Fsp3) is 0.423. The maximum Gasteiger partial charge on any atom is 0.254 e. The van der Waals surface area contributed by atoms with Gasteiger partial charge in [0.05, 0.1) is 0 Å². The highest BCUT2D eigenvalue weighted by molar-refractivity contribution is 5.94. The van der Waals surface area contributed by atoms with Gasteiger partial charge in [0.25, 0.3) is 5.91 Å². The fourth-order valence-electron chi connectivity index (χ4n) is 4.82. The molecule has 32 heavy (non-hydrogen) atoms. The van der Waals surface area contributed by atoms with Crippen molar-refractivity contribution in [2.75, 3.05) is 13.1 Å². The molecule has 1 aromatic heterocycles. The van der Waals surface area contributed by atoms with E-state index < -0.39 is 0 Å². The Hall–Kier alpha value is -3.15. The lowest BCUT2D eigenvalue weighted by Gasteiger charge is -2.32. The van der Waals surface area contributed by atoms with Crippen LogP contribution >= 0.6 is 0 Å². The molecule has 1 amide bonds. The zero-order valence-corrected chi connectivity index (χ0v) is 18.4. The van der Waals surface area contributed by atoms with Crippen molar-refractivity contribution in [1.29, 1.82) is 0 Å². The summed E-state index contributed by atoms with van der Waals surface area (Å²) in [6.45, 7) is 2.97. The summed E-state index contributed by atoms with van der Waals surface area (Å²) >= 11 is 0. The first-order chi connectivity index (χ1) is 15.8. The Kier molecular flexibility index (Phi) is 6.19. The quantitative estimate of drug-likeness (QED) is 0.593. The predicted molar refractivity (Wildman–Crippen MR) is 123 cm³/mol. The molecule has 2 aromatic carbocycles. The molecule has 2 aliphatic heterocycles. The second-order valence-electron chi connectivity index (χ2n) is 8.83. The zero-order chi connectivity index (χ0) is 21.8.